The monoisotopic (exact) mass is 265 g/mol. The first-order valence-corrected chi connectivity index (χ1v) is 7.07. The van der Waals surface area contributed by atoms with Crippen molar-refractivity contribution in [2.24, 2.45) is 17.6 Å². The molecular formula is C14H23N3O2. The molecule has 2 N–H and O–H groups in total. The minimum absolute atomic E-state index is 0.0335. The summed E-state index contributed by atoms with van der Waals surface area (Å²) in [6.45, 7) is 3.39. The molecule has 0 aliphatic heterocycles. The summed E-state index contributed by atoms with van der Waals surface area (Å²) in [4.78, 5) is 12.8. The van der Waals surface area contributed by atoms with Crippen LogP contribution in [0.5, 0.6) is 5.75 Å². The minimum Gasteiger partial charge on any atom is -0.493 e. The molecule has 2 atom stereocenters. The van der Waals surface area contributed by atoms with Crippen LogP contribution < -0.4 is 10.5 Å². The molecular weight excluding hydrogens is 242 g/mol. The summed E-state index contributed by atoms with van der Waals surface area (Å²) >= 11 is 0. The predicted octanol–water partition coefficient (Wildman–Crippen LogP) is 1.86. The molecule has 5 heteroatoms. The summed E-state index contributed by atoms with van der Waals surface area (Å²) in [5, 5.41) is 4.26. The van der Waals surface area contributed by atoms with Crippen molar-refractivity contribution < 1.29 is 9.53 Å². The minimum atomic E-state index is 0.0335. The average Bonchev–Trinajstić information content (AvgIpc) is 3.04. The van der Waals surface area contributed by atoms with E-state index in [0.717, 1.165) is 32.2 Å². The van der Waals surface area contributed by atoms with Crippen LogP contribution >= 0.6 is 0 Å². The highest BCUT2D eigenvalue weighted by molar-refractivity contribution is 5.99. The molecule has 0 spiro atoms. The normalized spacial score (nSPS) is 22.7. The van der Waals surface area contributed by atoms with Gasteiger partial charge in [0.05, 0.1) is 13.3 Å². The van der Waals surface area contributed by atoms with Crippen molar-refractivity contribution in [1.29, 1.82) is 0 Å². The topological polar surface area (TPSA) is 70.1 Å². The van der Waals surface area contributed by atoms with Crippen molar-refractivity contribution in [3.63, 3.8) is 0 Å². The first kappa shape index (κ1) is 14.1. The number of aromatic nitrogens is 2. The number of methoxy groups -OCH3 is 1. The lowest BCUT2D eigenvalue weighted by atomic mass is 9.90. The van der Waals surface area contributed by atoms with E-state index >= 15 is 0 Å². The standard InChI is InChI=1S/C14H23N3O2/c1-3-7-17-13(12(19-2)9-16-17)14(18)11-6-4-5-10(11)8-15/h9-11H,3-8,15H2,1-2H3. The fourth-order valence-corrected chi connectivity index (χ4v) is 2.99. The SMILES string of the molecule is CCCn1ncc(OC)c1C(=O)C1CCCC1CN. The number of carbonyl (C=O) groups excluding carboxylic acids is 1. The van der Waals surface area contributed by atoms with Crippen molar-refractivity contribution >= 4 is 5.78 Å². The lowest BCUT2D eigenvalue weighted by molar-refractivity contribution is 0.0878. The summed E-state index contributed by atoms with van der Waals surface area (Å²) in [6, 6.07) is 0. The summed E-state index contributed by atoms with van der Waals surface area (Å²) in [5.41, 5.74) is 6.40. The molecule has 1 aromatic heterocycles. The molecule has 1 saturated carbocycles. The number of aryl methyl sites for hydroxylation is 1. The largest absolute Gasteiger partial charge is 0.493 e. The Bertz CT molecular complexity index is 442. The van der Waals surface area contributed by atoms with E-state index in [0.29, 0.717) is 23.9 Å². The molecule has 0 amide bonds. The van der Waals surface area contributed by atoms with Gasteiger partial charge in [0, 0.05) is 12.5 Å². The number of rotatable bonds is 6. The number of ether oxygens (including phenoxy) is 1. The second-order valence-corrected chi connectivity index (χ2v) is 5.18. The number of hydrogen-bond acceptors (Lipinski definition) is 4. The molecule has 1 aromatic rings. The van der Waals surface area contributed by atoms with Crippen molar-refractivity contribution in [2.45, 2.75) is 39.2 Å². The van der Waals surface area contributed by atoms with E-state index in [2.05, 4.69) is 12.0 Å². The number of nitrogens with two attached hydrogens (primary N) is 1. The Morgan fingerprint density at radius 1 is 1.58 bits per heavy atom. The molecule has 0 saturated heterocycles. The second-order valence-electron chi connectivity index (χ2n) is 5.18. The molecule has 0 radical (unpaired) electrons. The van der Waals surface area contributed by atoms with Crippen molar-refractivity contribution in [3.8, 4) is 5.75 Å². The Morgan fingerprint density at radius 2 is 2.37 bits per heavy atom. The Kier molecular flexibility index (Phi) is 4.58. The molecule has 1 aliphatic carbocycles. The van der Waals surface area contributed by atoms with E-state index in [4.69, 9.17) is 10.5 Å². The van der Waals surface area contributed by atoms with Crippen molar-refractivity contribution in [1.82, 2.24) is 9.78 Å². The maximum absolute atomic E-state index is 12.8. The maximum atomic E-state index is 12.8. The fourth-order valence-electron chi connectivity index (χ4n) is 2.99. The molecule has 1 aliphatic rings. The van der Waals surface area contributed by atoms with Gasteiger partial charge in [-0.2, -0.15) is 5.10 Å². The van der Waals surface area contributed by atoms with Crippen LogP contribution in [0, 0.1) is 11.8 Å². The lowest BCUT2D eigenvalue weighted by Gasteiger charge is -2.17. The van der Waals surface area contributed by atoms with Crippen LogP contribution in [0.1, 0.15) is 43.1 Å². The van der Waals surface area contributed by atoms with E-state index in [1.807, 2.05) is 0 Å². The number of Topliss-reactive ketones (excluding diaryl/α,β-unsaturated/α-hetero) is 1. The van der Waals surface area contributed by atoms with Crippen molar-refractivity contribution in [2.75, 3.05) is 13.7 Å². The van der Waals surface area contributed by atoms with Gasteiger partial charge in [0.2, 0.25) is 0 Å². The van der Waals surface area contributed by atoms with E-state index in [9.17, 15) is 4.79 Å². The molecule has 0 aromatic carbocycles. The third-order valence-electron chi connectivity index (χ3n) is 3.99. The molecule has 1 heterocycles. The lowest BCUT2D eigenvalue weighted by Crippen LogP contribution is -2.27. The van der Waals surface area contributed by atoms with Crippen molar-refractivity contribution in [3.05, 3.63) is 11.9 Å². The summed E-state index contributed by atoms with van der Waals surface area (Å²) in [5.74, 6) is 1.07. The zero-order valence-corrected chi connectivity index (χ0v) is 11.8. The summed E-state index contributed by atoms with van der Waals surface area (Å²) in [6.07, 6.45) is 5.65. The third-order valence-corrected chi connectivity index (χ3v) is 3.99. The molecule has 106 valence electrons. The number of hydrogen-bond donors (Lipinski definition) is 1. The van der Waals surface area contributed by atoms with E-state index in [1.165, 1.54) is 0 Å². The van der Waals surface area contributed by atoms with E-state index in [-0.39, 0.29) is 11.7 Å². The van der Waals surface area contributed by atoms with Crippen LogP contribution in [0.4, 0.5) is 0 Å². The van der Waals surface area contributed by atoms with Gasteiger partial charge in [-0.15, -0.1) is 0 Å². The number of carbonyl (C=O) groups is 1. The van der Waals surface area contributed by atoms with Gasteiger partial charge >= 0.3 is 0 Å². The smallest absolute Gasteiger partial charge is 0.188 e. The van der Waals surface area contributed by atoms with Gasteiger partial charge in [0.25, 0.3) is 0 Å². The summed E-state index contributed by atoms with van der Waals surface area (Å²) < 4.78 is 7.06. The molecule has 1 fully saturated rings. The van der Waals surface area contributed by atoms with Gasteiger partial charge in [-0.3, -0.25) is 9.48 Å². The summed E-state index contributed by atoms with van der Waals surface area (Å²) in [7, 11) is 1.58. The van der Waals surface area contributed by atoms with E-state index in [1.54, 1.807) is 18.0 Å². The zero-order valence-electron chi connectivity index (χ0n) is 11.8. The Labute approximate surface area is 114 Å². The molecule has 2 rings (SSSR count). The highest BCUT2D eigenvalue weighted by Crippen LogP contribution is 2.35. The average molecular weight is 265 g/mol. The van der Waals surface area contributed by atoms with Gasteiger partial charge in [-0.05, 0) is 31.7 Å². The molecule has 19 heavy (non-hydrogen) atoms. The number of nitrogens with zero attached hydrogens (tertiary/aromatic N) is 2. The first-order chi connectivity index (χ1) is 9.22. The van der Waals surface area contributed by atoms with Crippen LogP contribution in [-0.4, -0.2) is 29.2 Å². The van der Waals surface area contributed by atoms with Gasteiger partial charge in [0.1, 0.15) is 5.69 Å². The number of ketones is 1. The first-order valence-electron chi connectivity index (χ1n) is 7.07. The highest BCUT2D eigenvalue weighted by atomic mass is 16.5. The quantitative estimate of drug-likeness (QED) is 0.797. The molecule has 5 nitrogen and oxygen atoms in total. The van der Waals surface area contributed by atoms with Gasteiger partial charge in [0.15, 0.2) is 11.5 Å². The van der Waals surface area contributed by atoms with Crippen LogP contribution in [0.25, 0.3) is 0 Å². The van der Waals surface area contributed by atoms with Gasteiger partial charge in [-0.25, -0.2) is 0 Å². The van der Waals surface area contributed by atoms with Gasteiger partial charge < -0.3 is 10.5 Å². The zero-order chi connectivity index (χ0) is 13.8. The Hall–Kier alpha value is -1.36. The van der Waals surface area contributed by atoms with Crippen LogP contribution in [-0.2, 0) is 6.54 Å². The van der Waals surface area contributed by atoms with Crippen LogP contribution in [0.3, 0.4) is 0 Å². The van der Waals surface area contributed by atoms with Crippen LogP contribution in [0.2, 0.25) is 0 Å². The van der Waals surface area contributed by atoms with Crippen LogP contribution in [0.15, 0.2) is 6.20 Å². The highest BCUT2D eigenvalue weighted by Gasteiger charge is 2.35. The second kappa shape index (κ2) is 6.19. The predicted molar refractivity (Wildman–Crippen MR) is 73.3 cm³/mol. The molecule has 2 unspecified atom stereocenters. The Morgan fingerprint density at radius 3 is 3.00 bits per heavy atom. The van der Waals surface area contributed by atoms with E-state index < -0.39 is 0 Å². The third kappa shape index (κ3) is 2.66. The fraction of sp³-hybridized carbons (Fsp3) is 0.714. The maximum Gasteiger partial charge on any atom is 0.188 e. The Balaban J connectivity index is 2.29. The molecule has 0 bridgehead atoms. The van der Waals surface area contributed by atoms with Gasteiger partial charge in [-0.1, -0.05) is 13.3 Å².